The molecule has 2 aromatic heterocycles. The van der Waals surface area contributed by atoms with Crippen LogP contribution in [0.15, 0.2) is 24.5 Å². The van der Waals surface area contributed by atoms with Crippen LogP contribution in [-0.4, -0.2) is 50.0 Å². The van der Waals surface area contributed by atoms with Gasteiger partial charge >= 0.3 is 0 Å². The van der Waals surface area contributed by atoms with Gasteiger partial charge < -0.3 is 20.3 Å². The zero-order valence-corrected chi connectivity index (χ0v) is 21.6. The molecule has 4 atom stereocenters. The number of aromatic nitrogens is 3. The first-order valence-electron chi connectivity index (χ1n) is 11.4. The summed E-state index contributed by atoms with van der Waals surface area (Å²) in [6, 6.07) is 2.45. The van der Waals surface area contributed by atoms with E-state index in [1.807, 2.05) is 6.42 Å². The Kier molecular flexibility index (Phi) is 6.12. The molecule has 6 rings (SSSR count). The molecule has 10 heteroatoms. The van der Waals surface area contributed by atoms with Gasteiger partial charge in [-0.05, 0) is 56.9 Å². The molecule has 2 saturated heterocycles. The quantitative estimate of drug-likeness (QED) is 0.353. The van der Waals surface area contributed by atoms with Gasteiger partial charge in [-0.3, -0.25) is 11.4 Å². The molecule has 1 aromatic carbocycles. The Morgan fingerprint density at radius 2 is 1.94 bits per heavy atom. The molecule has 3 N–H and O–H groups in total. The number of hydrogen-bond acceptors (Lipinski definition) is 7. The maximum Gasteiger partial charge on any atom is 0.223 e. The van der Waals surface area contributed by atoms with Crippen LogP contribution < -0.4 is 5.32 Å². The summed E-state index contributed by atoms with van der Waals surface area (Å²) in [5.74, 6) is -0.899. The monoisotopic (exact) mass is 731 g/mol. The maximum absolute atomic E-state index is 15.0. The van der Waals surface area contributed by atoms with E-state index >= 15 is 0 Å². The van der Waals surface area contributed by atoms with Crippen molar-refractivity contribution in [3.63, 3.8) is 0 Å². The molecule has 3 aliphatic rings. The van der Waals surface area contributed by atoms with Gasteiger partial charge in [-0.15, -0.1) is 0 Å². The van der Waals surface area contributed by atoms with Gasteiger partial charge in [0.25, 0.3) is 0 Å². The SMILES string of the molecule is Cc1c(C(C)(C)O)cnc2c(F)cc(-c3nc(N[C@@H]4C[C@@H]5C[CH-][C@@H](OC5)[C@H]4O)ncc3F)cc12.[Lr]. The number of nitrogens with one attached hydrogen (secondary N) is 1. The van der Waals surface area contributed by atoms with Crippen molar-refractivity contribution < 1.29 is 23.7 Å². The molecule has 3 fully saturated rings. The number of aryl methyl sites for hydroxylation is 1. The smallest absolute Gasteiger partial charge is 0.223 e. The van der Waals surface area contributed by atoms with Crippen LogP contribution >= 0.6 is 0 Å². The van der Waals surface area contributed by atoms with E-state index in [9.17, 15) is 19.0 Å². The zero-order chi connectivity index (χ0) is 24.2. The van der Waals surface area contributed by atoms with Crippen LogP contribution in [-0.2, 0) is 10.3 Å². The van der Waals surface area contributed by atoms with Crippen molar-refractivity contribution in [3.8, 4) is 11.3 Å². The van der Waals surface area contributed by atoms with Gasteiger partial charge in [-0.2, -0.15) is 6.42 Å². The van der Waals surface area contributed by atoms with Crippen LogP contribution in [0.3, 0.4) is 0 Å². The third kappa shape index (κ3) is 4.38. The van der Waals surface area contributed by atoms with E-state index in [0.717, 1.165) is 12.6 Å². The normalized spacial score (nSPS) is 24.2. The summed E-state index contributed by atoms with van der Waals surface area (Å²) in [5, 5.41) is 24.7. The first kappa shape index (κ1) is 24.4. The van der Waals surface area contributed by atoms with Crippen molar-refractivity contribution in [1.29, 1.82) is 0 Å². The zero-order valence-electron chi connectivity index (χ0n) is 19.5. The largest absolute Gasteiger partial charge is 0.407 e. The van der Waals surface area contributed by atoms with Crippen molar-refractivity contribution >= 4 is 16.9 Å². The van der Waals surface area contributed by atoms with E-state index in [1.165, 1.54) is 12.3 Å². The Hall–Kier alpha value is -3.75. The number of pyridine rings is 1. The van der Waals surface area contributed by atoms with Gasteiger partial charge in [-0.25, -0.2) is 18.7 Å². The third-order valence-electron chi connectivity index (χ3n) is 6.75. The molecule has 7 nitrogen and oxygen atoms in total. The maximum atomic E-state index is 15.0. The van der Waals surface area contributed by atoms with Crippen LogP contribution in [0.25, 0.3) is 22.2 Å². The summed E-state index contributed by atoms with van der Waals surface area (Å²) in [5.41, 5.74) is 0.326. The minimum absolute atomic E-state index is 0. The summed E-state index contributed by atoms with van der Waals surface area (Å²) in [4.78, 5) is 12.6. The number of anilines is 1. The second-order valence-corrected chi connectivity index (χ2v) is 9.71. The Labute approximate surface area is 196 Å². The number of benzene rings is 1. The van der Waals surface area contributed by atoms with Gasteiger partial charge in [-0.1, -0.05) is 0 Å². The Balaban J connectivity index is 0.00000289. The van der Waals surface area contributed by atoms with Gasteiger partial charge in [0.2, 0.25) is 5.95 Å². The first-order valence-corrected chi connectivity index (χ1v) is 11.4. The number of fused-ring (bicyclic) bond motifs is 5. The number of hydrogen-bond donors (Lipinski definition) is 3. The molecule has 1 saturated carbocycles. The fraction of sp³-hybridized carbons (Fsp3) is 0.440. The number of aliphatic hydroxyl groups is 2. The standard InChI is InChI=1S/C25H27F2N4O3.Lr/c1-12-15-7-14(8-17(26)22(15)28-9-16(12)25(2,3)33)21-18(27)10-29-24(31-21)30-19-6-13-4-5-20(23(19)32)34-11-13;/h5,7-10,13,19-20,23,32-33H,4,6,11H2,1-3H3,(H,29,30,31);/q-1;/t13-,19+,20+,23-;/m0./s1. The number of halogens is 2. The second kappa shape index (κ2) is 8.79. The average Bonchev–Trinajstić information content (AvgIpc) is 3.02. The van der Waals surface area contributed by atoms with E-state index in [0.29, 0.717) is 29.5 Å². The molecule has 1 aliphatic carbocycles. The van der Waals surface area contributed by atoms with E-state index in [2.05, 4.69) is 20.3 Å². The van der Waals surface area contributed by atoms with Crippen LogP contribution in [0, 0.1) is 30.9 Å². The minimum atomic E-state index is -1.17. The van der Waals surface area contributed by atoms with Crippen LogP contribution in [0.4, 0.5) is 14.7 Å². The van der Waals surface area contributed by atoms with Gasteiger partial charge in [0, 0.05) is 29.3 Å². The van der Waals surface area contributed by atoms with Gasteiger partial charge in [0.15, 0.2) is 5.82 Å². The molecule has 0 unspecified atom stereocenters. The first-order chi connectivity index (χ1) is 16.1. The third-order valence-corrected chi connectivity index (χ3v) is 6.75. The van der Waals surface area contributed by atoms with Crippen LogP contribution in [0.5, 0.6) is 0 Å². The predicted octanol–water partition coefficient (Wildman–Crippen LogP) is 3.66. The molecule has 2 aliphatic heterocycles. The summed E-state index contributed by atoms with van der Waals surface area (Å²) >= 11 is 0. The summed E-state index contributed by atoms with van der Waals surface area (Å²) in [6.45, 7) is 5.61. The topological polar surface area (TPSA) is 100 Å². The molecular weight excluding hydrogens is 704 g/mol. The minimum Gasteiger partial charge on any atom is -0.407 e. The van der Waals surface area contributed by atoms with Gasteiger partial charge in [0.05, 0.1) is 23.9 Å². The molecule has 2 bridgehead atoms. The molecule has 35 heavy (non-hydrogen) atoms. The van der Waals surface area contributed by atoms with Crippen molar-refractivity contribution in [2.24, 2.45) is 5.92 Å². The van der Waals surface area contributed by atoms with Crippen molar-refractivity contribution in [2.75, 3.05) is 11.9 Å². The Morgan fingerprint density at radius 1 is 1.17 bits per heavy atom. The summed E-state index contributed by atoms with van der Waals surface area (Å²) in [6.07, 6.45) is 4.85. The van der Waals surface area contributed by atoms with Crippen molar-refractivity contribution in [1.82, 2.24) is 15.0 Å². The Bertz CT molecular complexity index is 1250. The average molecular weight is 732 g/mol. The van der Waals surface area contributed by atoms with E-state index < -0.39 is 23.3 Å². The van der Waals surface area contributed by atoms with E-state index in [1.54, 1.807) is 26.8 Å². The van der Waals surface area contributed by atoms with Crippen LogP contribution in [0.2, 0.25) is 0 Å². The van der Waals surface area contributed by atoms with Crippen LogP contribution in [0.1, 0.15) is 37.8 Å². The fourth-order valence-corrected chi connectivity index (χ4v) is 4.93. The molecule has 4 heterocycles. The molecule has 1 radical (unpaired) electrons. The molecule has 195 valence electrons. The number of nitrogens with zero attached hydrogens (tertiary/aromatic N) is 3. The van der Waals surface area contributed by atoms with E-state index in [-0.39, 0.29) is 40.8 Å². The van der Waals surface area contributed by atoms with Crippen molar-refractivity contribution in [3.05, 3.63) is 53.7 Å². The second-order valence-electron chi connectivity index (χ2n) is 9.71. The molecule has 0 amide bonds. The molecule has 3 aromatic rings. The number of aliphatic hydroxyl groups excluding tert-OH is 1. The molecule has 0 spiro atoms. The summed E-state index contributed by atoms with van der Waals surface area (Å²) in [7, 11) is 0. The fourth-order valence-electron chi connectivity index (χ4n) is 4.93. The predicted molar refractivity (Wildman–Crippen MR) is 123 cm³/mol. The van der Waals surface area contributed by atoms with Gasteiger partial charge in [0.1, 0.15) is 17.0 Å². The van der Waals surface area contributed by atoms with Crippen molar-refractivity contribution in [2.45, 2.75) is 57.5 Å². The molecular formula is C25H27F2LrN4O3-. The summed E-state index contributed by atoms with van der Waals surface area (Å²) < 4.78 is 35.5. The number of ether oxygens (including phenoxy) is 1. The van der Waals surface area contributed by atoms with E-state index in [4.69, 9.17) is 4.74 Å². The number of rotatable bonds is 4. The Morgan fingerprint density at radius 3 is 2.63 bits per heavy atom.